The maximum Gasteiger partial charge on any atom is 0.410 e. The van der Waals surface area contributed by atoms with Crippen LogP contribution in [0.15, 0.2) is 29.2 Å². The molecule has 1 amide bonds. The summed E-state index contributed by atoms with van der Waals surface area (Å²) in [7, 11) is -3.87. The fourth-order valence-corrected chi connectivity index (χ4v) is 8.01. The number of aliphatic hydroxyl groups is 1. The number of carbonyl (C=O) groups is 1. The van der Waals surface area contributed by atoms with E-state index in [4.69, 9.17) is 21.1 Å². The molecule has 206 valence electrons. The van der Waals surface area contributed by atoms with Crippen molar-refractivity contribution in [3.63, 3.8) is 0 Å². The number of amides is 1. The number of sulfonamides is 1. The minimum absolute atomic E-state index is 0.0733. The molecule has 11 heteroatoms. The Morgan fingerprint density at radius 1 is 1.14 bits per heavy atom. The molecule has 2 heterocycles. The highest BCUT2D eigenvalue weighted by atomic mass is 35.5. The van der Waals surface area contributed by atoms with E-state index in [-0.39, 0.29) is 36.2 Å². The second kappa shape index (κ2) is 10.6. The van der Waals surface area contributed by atoms with Crippen LogP contribution in [0.5, 0.6) is 0 Å². The molecule has 4 atom stereocenters. The molecule has 2 saturated heterocycles. The van der Waals surface area contributed by atoms with Gasteiger partial charge >= 0.3 is 6.09 Å². The summed E-state index contributed by atoms with van der Waals surface area (Å²) >= 11 is 6.04. The minimum Gasteiger partial charge on any atom is -0.441 e. The fraction of sp³-hybridized carbons (Fsp3) is 0.731. The summed E-state index contributed by atoms with van der Waals surface area (Å²) in [6.07, 6.45) is 3.75. The maximum absolute atomic E-state index is 14.0. The van der Waals surface area contributed by atoms with Crippen LogP contribution in [0.4, 0.5) is 4.79 Å². The van der Waals surface area contributed by atoms with Gasteiger partial charge in [-0.05, 0) is 63.3 Å². The van der Waals surface area contributed by atoms with E-state index in [9.17, 15) is 18.3 Å². The third-order valence-corrected chi connectivity index (χ3v) is 10.5. The smallest absolute Gasteiger partial charge is 0.410 e. The van der Waals surface area contributed by atoms with Crippen molar-refractivity contribution in [2.45, 2.75) is 80.6 Å². The van der Waals surface area contributed by atoms with Crippen LogP contribution in [-0.2, 0) is 19.5 Å². The van der Waals surface area contributed by atoms with Gasteiger partial charge in [-0.2, -0.15) is 4.31 Å². The van der Waals surface area contributed by atoms with E-state index in [1.165, 1.54) is 0 Å². The molecule has 2 aliphatic carbocycles. The van der Waals surface area contributed by atoms with Crippen LogP contribution in [0, 0.1) is 5.92 Å². The van der Waals surface area contributed by atoms with Crippen LogP contribution in [0.25, 0.3) is 0 Å². The monoisotopic (exact) mass is 555 g/mol. The van der Waals surface area contributed by atoms with Gasteiger partial charge in [0.05, 0.1) is 30.8 Å². The van der Waals surface area contributed by atoms with E-state index >= 15 is 0 Å². The fourth-order valence-electron chi connectivity index (χ4n) is 6.03. The van der Waals surface area contributed by atoms with Gasteiger partial charge in [0.2, 0.25) is 10.0 Å². The van der Waals surface area contributed by atoms with Crippen LogP contribution in [0.3, 0.4) is 0 Å². The number of benzene rings is 1. The number of halogens is 1. The summed E-state index contributed by atoms with van der Waals surface area (Å²) in [5.74, 6) is 0.506. The number of nitrogens with zero attached hydrogens (tertiary/aromatic N) is 3. The number of rotatable bonds is 8. The first-order valence-electron chi connectivity index (χ1n) is 13.4. The largest absolute Gasteiger partial charge is 0.441 e. The Kier molecular flexibility index (Phi) is 7.79. The van der Waals surface area contributed by atoms with Gasteiger partial charge in [-0.15, -0.1) is 0 Å². The predicted molar refractivity (Wildman–Crippen MR) is 139 cm³/mol. The van der Waals surface area contributed by atoms with Crippen molar-refractivity contribution >= 4 is 27.7 Å². The Hall–Kier alpha value is -1.43. The number of hydrogen-bond acceptors (Lipinski definition) is 7. The molecule has 0 aromatic heterocycles. The molecule has 1 N–H and O–H groups in total. The first-order chi connectivity index (χ1) is 17.6. The molecule has 2 saturated carbocycles. The topological polar surface area (TPSA) is 99.6 Å². The van der Waals surface area contributed by atoms with Gasteiger partial charge in [0.15, 0.2) is 0 Å². The molecule has 5 rings (SSSR count). The van der Waals surface area contributed by atoms with E-state index < -0.39 is 27.8 Å². The Morgan fingerprint density at radius 2 is 1.78 bits per heavy atom. The van der Waals surface area contributed by atoms with Gasteiger partial charge in [-0.3, -0.25) is 4.90 Å². The zero-order chi connectivity index (χ0) is 26.4. The third kappa shape index (κ3) is 5.65. The molecule has 4 fully saturated rings. The van der Waals surface area contributed by atoms with Crippen molar-refractivity contribution in [2.24, 2.45) is 5.92 Å². The lowest BCUT2D eigenvalue weighted by molar-refractivity contribution is -0.0775. The van der Waals surface area contributed by atoms with Gasteiger partial charge in [0.1, 0.15) is 5.60 Å². The number of ether oxygens (including phenoxy) is 2. The van der Waals surface area contributed by atoms with Gasteiger partial charge in [0.25, 0.3) is 0 Å². The molecule has 0 unspecified atom stereocenters. The summed E-state index contributed by atoms with van der Waals surface area (Å²) in [6, 6.07) is 5.54. The average molecular weight is 556 g/mol. The molecule has 1 aromatic rings. The highest BCUT2D eigenvalue weighted by molar-refractivity contribution is 7.89. The number of carbonyl (C=O) groups excluding carboxylic acids is 1. The van der Waals surface area contributed by atoms with Gasteiger partial charge in [-0.25, -0.2) is 13.2 Å². The highest BCUT2D eigenvalue weighted by Crippen LogP contribution is 2.49. The molecule has 0 bridgehead atoms. The number of hydrogen-bond donors (Lipinski definition) is 1. The molecule has 0 spiro atoms. The number of piperazine rings is 1. The molecule has 4 aliphatic rings. The molecular weight excluding hydrogens is 518 g/mol. The molecule has 9 nitrogen and oxygen atoms in total. The zero-order valence-corrected chi connectivity index (χ0v) is 23.2. The van der Waals surface area contributed by atoms with Crippen molar-refractivity contribution in [2.75, 3.05) is 39.5 Å². The van der Waals surface area contributed by atoms with Crippen LogP contribution in [0.1, 0.15) is 46.0 Å². The molecular formula is C26H38ClN3O6S. The quantitative estimate of drug-likeness (QED) is 0.526. The SMILES string of the molecule is C[C@@H]1CN(C(=O)OC2([C@H]3COC[C@@H](CC4CC4)N3S(=O)(=O)c3ccc(Cl)cc3)CC2)C[C@H](C)N1CCO. The van der Waals surface area contributed by atoms with Gasteiger partial charge < -0.3 is 19.5 Å². The normalized spacial score (nSPS) is 30.8. The molecule has 0 radical (unpaired) electrons. The number of aliphatic hydroxyl groups excluding tert-OH is 1. The third-order valence-electron chi connectivity index (χ3n) is 8.30. The summed E-state index contributed by atoms with van der Waals surface area (Å²) in [6.45, 7) is 6.24. The molecule has 2 aliphatic heterocycles. The second-order valence-corrected chi connectivity index (χ2v) is 13.5. The summed E-state index contributed by atoms with van der Waals surface area (Å²) in [5.41, 5.74) is -0.895. The second-order valence-electron chi connectivity index (χ2n) is 11.2. The lowest BCUT2D eigenvalue weighted by Gasteiger charge is -2.46. The molecule has 1 aromatic carbocycles. The van der Waals surface area contributed by atoms with Crippen molar-refractivity contribution in [1.82, 2.24) is 14.1 Å². The van der Waals surface area contributed by atoms with E-state index in [1.807, 2.05) is 13.8 Å². The maximum atomic E-state index is 14.0. The highest BCUT2D eigenvalue weighted by Gasteiger charge is 2.61. The summed E-state index contributed by atoms with van der Waals surface area (Å²) in [4.78, 5) is 17.5. The van der Waals surface area contributed by atoms with Crippen LogP contribution in [0.2, 0.25) is 5.02 Å². The first kappa shape index (κ1) is 27.1. The first-order valence-corrected chi connectivity index (χ1v) is 15.2. The van der Waals surface area contributed by atoms with Crippen molar-refractivity contribution in [3.05, 3.63) is 29.3 Å². The van der Waals surface area contributed by atoms with Crippen molar-refractivity contribution in [1.29, 1.82) is 0 Å². The standard InChI is InChI=1S/C26H38ClN3O6S/c1-18-14-28(15-19(2)29(18)11-12-31)25(32)36-26(9-10-26)24-17-35-16-22(13-20-3-4-20)30(24)37(33,34)23-7-5-21(27)6-8-23/h5-8,18-20,22,24,31H,3-4,9-17H2,1-2H3/t18-,19+,22-,24-/m1/s1. The van der Waals surface area contributed by atoms with E-state index in [1.54, 1.807) is 33.5 Å². The minimum atomic E-state index is -3.87. The average Bonchev–Trinajstić information content (AvgIpc) is 3.79. The predicted octanol–water partition coefficient (Wildman–Crippen LogP) is 2.95. The Labute approximate surface area is 224 Å². The van der Waals surface area contributed by atoms with Crippen LogP contribution >= 0.6 is 11.6 Å². The van der Waals surface area contributed by atoms with Crippen LogP contribution in [-0.4, -0.2) is 103 Å². The summed E-state index contributed by atoms with van der Waals surface area (Å²) in [5, 5.41) is 9.86. The van der Waals surface area contributed by atoms with Crippen molar-refractivity contribution < 1.29 is 27.8 Å². The van der Waals surface area contributed by atoms with E-state index in [0.29, 0.717) is 50.0 Å². The number of β-amino-alcohol motifs (C(OH)–C–C–N with tert-alkyl or cyclic N) is 1. The Balaban J connectivity index is 1.38. The van der Waals surface area contributed by atoms with Crippen LogP contribution < -0.4 is 0 Å². The lowest BCUT2D eigenvalue weighted by Crippen LogP contribution is -2.62. The van der Waals surface area contributed by atoms with Gasteiger partial charge in [-0.1, -0.05) is 24.4 Å². The van der Waals surface area contributed by atoms with Crippen molar-refractivity contribution in [3.8, 4) is 0 Å². The Morgan fingerprint density at radius 3 is 2.35 bits per heavy atom. The van der Waals surface area contributed by atoms with Gasteiger partial charge in [0, 0.05) is 42.8 Å². The number of morpholine rings is 1. The van der Waals surface area contributed by atoms with E-state index in [0.717, 1.165) is 19.3 Å². The molecule has 37 heavy (non-hydrogen) atoms. The van der Waals surface area contributed by atoms with E-state index in [2.05, 4.69) is 4.90 Å². The lowest BCUT2D eigenvalue weighted by atomic mass is 10.0. The summed E-state index contributed by atoms with van der Waals surface area (Å²) < 4.78 is 41.8. The zero-order valence-electron chi connectivity index (χ0n) is 21.6. The Bertz CT molecular complexity index is 1070.